The van der Waals surface area contributed by atoms with Gasteiger partial charge in [0.2, 0.25) is 0 Å². The van der Waals surface area contributed by atoms with Crippen molar-refractivity contribution in [3.8, 4) is 0 Å². The highest BCUT2D eigenvalue weighted by atomic mass is 14.1. The molecule has 1 rings (SSSR count). The monoisotopic (exact) mass is 216 g/mol. The Labute approximate surface area is 101 Å². The van der Waals surface area contributed by atoms with Crippen LogP contribution >= 0.6 is 0 Å². The lowest BCUT2D eigenvalue weighted by Gasteiger charge is -2.08. The summed E-state index contributed by atoms with van der Waals surface area (Å²) >= 11 is 0. The van der Waals surface area contributed by atoms with Gasteiger partial charge in [-0.05, 0) is 43.9 Å². The molecule has 0 atom stereocenters. The molecule has 0 aliphatic heterocycles. The second kappa shape index (κ2) is 7.92. The van der Waals surface area contributed by atoms with E-state index in [1.807, 2.05) is 13.8 Å². The van der Waals surface area contributed by atoms with E-state index in [2.05, 4.69) is 57.7 Å². The molecule has 0 heterocycles. The lowest BCUT2D eigenvalue weighted by atomic mass is 9.97. The van der Waals surface area contributed by atoms with Crippen LogP contribution < -0.4 is 0 Å². The first-order valence-electron chi connectivity index (χ1n) is 6.00. The van der Waals surface area contributed by atoms with Crippen LogP contribution in [-0.2, 0) is 6.42 Å². The van der Waals surface area contributed by atoms with E-state index in [9.17, 15) is 0 Å². The molecule has 0 spiro atoms. The highest BCUT2D eigenvalue weighted by molar-refractivity contribution is 5.58. The molecule has 16 heavy (non-hydrogen) atoms. The second-order valence-corrected chi connectivity index (χ2v) is 3.78. The summed E-state index contributed by atoms with van der Waals surface area (Å²) < 4.78 is 0. The molecule has 0 aliphatic carbocycles. The predicted octanol–water partition coefficient (Wildman–Crippen LogP) is 5.17. The maximum atomic E-state index is 3.96. The van der Waals surface area contributed by atoms with Gasteiger partial charge in [0.1, 0.15) is 0 Å². The molecular formula is C16H24. The quantitative estimate of drug-likeness (QED) is 0.611. The van der Waals surface area contributed by atoms with E-state index in [1.165, 1.54) is 22.3 Å². The van der Waals surface area contributed by atoms with Crippen molar-refractivity contribution in [3.63, 3.8) is 0 Å². The van der Waals surface area contributed by atoms with E-state index < -0.39 is 0 Å². The Kier molecular flexibility index (Phi) is 7.28. The Morgan fingerprint density at radius 1 is 1.31 bits per heavy atom. The van der Waals surface area contributed by atoms with E-state index in [0.717, 1.165) is 6.42 Å². The van der Waals surface area contributed by atoms with Gasteiger partial charge in [0.05, 0.1) is 0 Å². The maximum absolute atomic E-state index is 3.96. The van der Waals surface area contributed by atoms with Crippen molar-refractivity contribution in [1.82, 2.24) is 0 Å². The van der Waals surface area contributed by atoms with Crippen LogP contribution in [0.2, 0.25) is 0 Å². The van der Waals surface area contributed by atoms with Gasteiger partial charge in [0.15, 0.2) is 0 Å². The van der Waals surface area contributed by atoms with Gasteiger partial charge >= 0.3 is 0 Å². The number of rotatable bonds is 3. The fraction of sp³-hybridized carbons (Fsp3) is 0.375. The number of hydrogen-bond donors (Lipinski definition) is 0. The number of aryl methyl sites for hydroxylation is 1. The van der Waals surface area contributed by atoms with E-state index in [1.54, 1.807) is 0 Å². The van der Waals surface area contributed by atoms with E-state index in [4.69, 9.17) is 0 Å². The van der Waals surface area contributed by atoms with Gasteiger partial charge in [0, 0.05) is 0 Å². The zero-order valence-corrected chi connectivity index (χ0v) is 11.3. The summed E-state index contributed by atoms with van der Waals surface area (Å²) in [6.07, 6.45) is 5.24. The van der Waals surface area contributed by atoms with Gasteiger partial charge in [-0.2, -0.15) is 0 Å². The van der Waals surface area contributed by atoms with Crippen molar-refractivity contribution < 1.29 is 0 Å². The van der Waals surface area contributed by atoms with Gasteiger partial charge in [0.25, 0.3) is 0 Å². The van der Waals surface area contributed by atoms with Crippen LogP contribution in [0.5, 0.6) is 0 Å². The minimum Gasteiger partial charge on any atom is -0.0998 e. The predicted molar refractivity (Wildman–Crippen MR) is 75.8 cm³/mol. The Morgan fingerprint density at radius 3 is 2.44 bits per heavy atom. The van der Waals surface area contributed by atoms with Crippen LogP contribution in [0.1, 0.15) is 44.4 Å². The molecule has 0 bridgehead atoms. The molecule has 0 N–H and O–H groups in total. The van der Waals surface area contributed by atoms with Crippen molar-refractivity contribution in [1.29, 1.82) is 0 Å². The van der Waals surface area contributed by atoms with Gasteiger partial charge < -0.3 is 0 Å². The molecule has 0 fully saturated rings. The molecule has 0 radical (unpaired) electrons. The summed E-state index contributed by atoms with van der Waals surface area (Å²) in [6.45, 7) is 14.2. The molecule has 0 amide bonds. The average molecular weight is 216 g/mol. The zero-order chi connectivity index (χ0) is 12.6. The first-order chi connectivity index (χ1) is 7.65. The Bertz CT molecular complexity index is 356. The standard InChI is InChI=1S/C14H18.C2H6/c1-5-7-14-12(4)8-6-9-13(14)10-11(2)3;1-2/h5-9H,2,10H2,1,3-4H3;1-2H3/b7-5-;. The number of hydrogen-bond acceptors (Lipinski definition) is 0. The Hall–Kier alpha value is -1.30. The van der Waals surface area contributed by atoms with Crippen LogP contribution in [0.25, 0.3) is 6.08 Å². The summed E-state index contributed by atoms with van der Waals surface area (Å²) in [7, 11) is 0. The number of allylic oxidation sites excluding steroid dienone is 2. The molecule has 0 saturated carbocycles. The van der Waals surface area contributed by atoms with Crippen LogP contribution in [0, 0.1) is 6.92 Å². The van der Waals surface area contributed by atoms with Gasteiger partial charge in [-0.25, -0.2) is 0 Å². The lowest BCUT2D eigenvalue weighted by Crippen LogP contribution is -1.92. The summed E-state index contributed by atoms with van der Waals surface area (Å²) in [4.78, 5) is 0. The molecule has 0 unspecified atom stereocenters. The summed E-state index contributed by atoms with van der Waals surface area (Å²) in [5.74, 6) is 0. The summed E-state index contributed by atoms with van der Waals surface area (Å²) in [5, 5.41) is 0. The topological polar surface area (TPSA) is 0 Å². The summed E-state index contributed by atoms with van der Waals surface area (Å²) in [6, 6.07) is 6.44. The highest BCUT2D eigenvalue weighted by Crippen LogP contribution is 2.18. The van der Waals surface area contributed by atoms with Crippen LogP contribution in [0.4, 0.5) is 0 Å². The molecule has 0 nitrogen and oxygen atoms in total. The van der Waals surface area contributed by atoms with Gasteiger partial charge in [-0.3, -0.25) is 0 Å². The summed E-state index contributed by atoms with van der Waals surface area (Å²) in [5.41, 5.74) is 5.26. The SMILES string of the molecule is C=C(C)Cc1cccc(C)c1/C=C\C.CC. The molecule has 88 valence electrons. The van der Waals surface area contributed by atoms with Crippen molar-refractivity contribution in [3.05, 3.63) is 53.1 Å². The molecule has 0 saturated heterocycles. The van der Waals surface area contributed by atoms with Crippen molar-refractivity contribution >= 4 is 6.08 Å². The van der Waals surface area contributed by atoms with E-state index in [0.29, 0.717) is 0 Å². The minimum atomic E-state index is 0.974. The Balaban J connectivity index is 0.00000106. The lowest BCUT2D eigenvalue weighted by molar-refractivity contribution is 1.14. The average Bonchev–Trinajstić information content (AvgIpc) is 2.25. The molecule has 0 heteroatoms. The fourth-order valence-corrected chi connectivity index (χ4v) is 1.63. The maximum Gasteiger partial charge on any atom is -0.00665 e. The van der Waals surface area contributed by atoms with E-state index in [-0.39, 0.29) is 0 Å². The largest absolute Gasteiger partial charge is 0.0998 e. The molecule has 1 aromatic rings. The van der Waals surface area contributed by atoms with Gasteiger partial charge in [-0.1, -0.05) is 56.4 Å². The molecule has 0 aliphatic rings. The van der Waals surface area contributed by atoms with Crippen LogP contribution in [0.3, 0.4) is 0 Å². The third-order valence-corrected chi connectivity index (χ3v) is 2.24. The normalized spacial score (nSPS) is 9.81. The second-order valence-electron chi connectivity index (χ2n) is 3.78. The van der Waals surface area contributed by atoms with Crippen molar-refractivity contribution in [2.75, 3.05) is 0 Å². The minimum absolute atomic E-state index is 0.974. The third kappa shape index (κ3) is 4.48. The van der Waals surface area contributed by atoms with Crippen molar-refractivity contribution in [2.24, 2.45) is 0 Å². The number of benzene rings is 1. The van der Waals surface area contributed by atoms with Crippen LogP contribution in [-0.4, -0.2) is 0 Å². The van der Waals surface area contributed by atoms with Gasteiger partial charge in [-0.15, -0.1) is 0 Å². The molecular weight excluding hydrogens is 192 g/mol. The smallest absolute Gasteiger partial charge is 0.00665 e. The van der Waals surface area contributed by atoms with Crippen molar-refractivity contribution in [2.45, 2.75) is 41.0 Å². The Morgan fingerprint density at radius 2 is 1.94 bits per heavy atom. The molecule has 0 aromatic heterocycles. The zero-order valence-electron chi connectivity index (χ0n) is 11.3. The first-order valence-corrected chi connectivity index (χ1v) is 6.00. The van der Waals surface area contributed by atoms with E-state index >= 15 is 0 Å². The first kappa shape index (κ1) is 14.7. The van der Waals surface area contributed by atoms with Crippen LogP contribution in [0.15, 0.2) is 36.4 Å². The molecule has 1 aromatic carbocycles. The fourth-order valence-electron chi connectivity index (χ4n) is 1.63. The highest BCUT2D eigenvalue weighted by Gasteiger charge is 2.01. The third-order valence-electron chi connectivity index (χ3n) is 2.24.